The summed E-state index contributed by atoms with van der Waals surface area (Å²) in [5.41, 5.74) is 0.604. The van der Waals surface area contributed by atoms with Gasteiger partial charge in [-0.15, -0.1) is 0 Å². The molecule has 146 valence electrons. The minimum atomic E-state index is -0.354. The Morgan fingerprint density at radius 1 is 1.22 bits per heavy atom. The number of hydrogen-bond acceptors (Lipinski definition) is 4. The Morgan fingerprint density at radius 3 is 2.67 bits per heavy atom. The molecule has 1 atom stereocenters. The zero-order valence-electron chi connectivity index (χ0n) is 14.9. The van der Waals surface area contributed by atoms with Crippen LogP contribution in [0, 0.1) is 0 Å². The maximum atomic E-state index is 12.3. The van der Waals surface area contributed by atoms with Crippen molar-refractivity contribution in [1.82, 2.24) is 15.1 Å². The fraction of sp³-hybridized carbons (Fsp3) is 0.500. The number of nitrogens with one attached hydrogen (secondary N) is 2. The van der Waals surface area contributed by atoms with Crippen molar-refractivity contribution in [3.05, 3.63) is 29.3 Å². The van der Waals surface area contributed by atoms with Crippen LogP contribution in [0.2, 0.25) is 5.02 Å². The molecule has 27 heavy (non-hydrogen) atoms. The number of ether oxygens (including phenoxy) is 1. The second-order valence-corrected chi connectivity index (χ2v) is 7.05. The van der Waals surface area contributed by atoms with Gasteiger partial charge >= 0.3 is 6.03 Å². The highest BCUT2D eigenvalue weighted by Gasteiger charge is 2.28. The maximum absolute atomic E-state index is 12.3. The Labute approximate surface area is 162 Å². The van der Waals surface area contributed by atoms with E-state index < -0.39 is 0 Å². The van der Waals surface area contributed by atoms with Gasteiger partial charge in [-0.1, -0.05) is 11.6 Å². The number of benzene rings is 1. The summed E-state index contributed by atoms with van der Waals surface area (Å²) in [5, 5.41) is 6.11. The van der Waals surface area contributed by atoms with Crippen LogP contribution in [0.4, 0.5) is 10.5 Å². The first-order valence-corrected chi connectivity index (χ1v) is 9.36. The largest absolute Gasteiger partial charge is 0.376 e. The Morgan fingerprint density at radius 2 is 2.00 bits per heavy atom. The molecular weight excluding hydrogens is 372 g/mol. The fourth-order valence-electron chi connectivity index (χ4n) is 3.05. The lowest BCUT2D eigenvalue weighted by Crippen LogP contribution is -2.55. The molecule has 3 rings (SSSR count). The van der Waals surface area contributed by atoms with E-state index >= 15 is 0 Å². The van der Waals surface area contributed by atoms with Crippen molar-refractivity contribution in [3.63, 3.8) is 0 Å². The Balaban J connectivity index is 1.42. The van der Waals surface area contributed by atoms with E-state index in [1.54, 1.807) is 24.3 Å². The van der Waals surface area contributed by atoms with Gasteiger partial charge in [0.25, 0.3) is 0 Å². The minimum Gasteiger partial charge on any atom is -0.376 e. The van der Waals surface area contributed by atoms with Crippen LogP contribution in [-0.4, -0.2) is 73.1 Å². The average molecular weight is 395 g/mol. The third-order valence-electron chi connectivity index (χ3n) is 4.59. The first-order chi connectivity index (χ1) is 13.0. The van der Waals surface area contributed by atoms with Gasteiger partial charge in [0.2, 0.25) is 11.8 Å². The summed E-state index contributed by atoms with van der Waals surface area (Å²) >= 11 is 5.82. The van der Waals surface area contributed by atoms with Crippen LogP contribution in [0.15, 0.2) is 24.3 Å². The number of urea groups is 1. The predicted octanol–water partition coefficient (Wildman–Crippen LogP) is 1.31. The van der Waals surface area contributed by atoms with Gasteiger partial charge in [0.15, 0.2) is 0 Å². The van der Waals surface area contributed by atoms with Gasteiger partial charge in [-0.3, -0.25) is 9.59 Å². The summed E-state index contributed by atoms with van der Waals surface area (Å²) in [5.74, 6) is -0.460. The van der Waals surface area contributed by atoms with E-state index in [2.05, 4.69) is 10.6 Å². The van der Waals surface area contributed by atoms with Crippen molar-refractivity contribution in [3.8, 4) is 0 Å². The molecule has 2 saturated heterocycles. The summed E-state index contributed by atoms with van der Waals surface area (Å²) in [4.78, 5) is 39.5. The number of halogens is 1. The third-order valence-corrected chi connectivity index (χ3v) is 4.84. The number of amides is 4. The molecule has 2 heterocycles. The zero-order chi connectivity index (χ0) is 19.2. The Kier molecular flexibility index (Phi) is 6.52. The van der Waals surface area contributed by atoms with Crippen LogP contribution in [0.25, 0.3) is 0 Å². The molecule has 0 aromatic heterocycles. The molecule has 1 unspecified atom stereocenters. The number of carbonyl (C=O) groups is 3. The standard InChI is InChI=1S/C18H23ClN4O4/c19-13-3-5-14(6-4-13)21-18(26)23-8-7-22(17(25)12-23)11-16(24)20-10-15-2-1-9-27-15/h3-6,15H,1-2,7-12H2,(H,20,24)(H,21,26). The van der Waals surface area contributed by atoms with Gasteiger partial charge in [-0.2, -0.15) is 0 Å². The van der Waals surface area contributed by atoms with Gasteiger partial charge < -0.3 is 25.2 Å². The highest BCUT2D eigenvalue weighted by atomic mass is 35.5. The average Bonchev–Trinajstić information content (AvgIpc) is 3.17. The summed E-state index contributed by atoms with van der Waals surface area (Å²) in [6, 6.07) is 6.38. The van der Waals surface area contributed by atoms with Gasteiger partial charge in [0.05, 0.1) is 12.6 Å². The van der Waals surface area contributed by atoms with Gasteiger partial charge in [0.1, 0.15) is 6.54 Å². The predicted molar refractivity (Wildman–Crippen MR) is 101 cm³/mol. The van der Waals surface area contributed by atoms with Crippen molar-refractivity contribution >= 4 is 35.1 Å². The van der Waals surface area contributed by atoms with E-state index in [4.69, 9.17) is 16.3 Å². The summed E-state index contributed by atoms with van der Waals surface area (Å²) in [7, 11) is 0. The summed E-state index contributed by atoms with van der Waals surface area (Å²) < 4.78 is 5.46. The van der Waals surface area contributed by atoms with E-state index in [0.717, 1.165) is 19.4 Å². The number of rotatable bonds is 5. The zero-order valence-corrected chi connectivity index (χ0v) is 15.7. The molecule has 2 N–H and O–H groups in total. The van der Waals surface area contributed by atoms with Gasteiger partial charge in [-0.25, -0.2) is 4.79 Å². The third kappa shape index (κ3) is 5.58. The molecule has 0 bridgehead atoms. The SMILES string of the molecule is O=C(CN1CCN(C(=O)Nc2ccc(Cl)cc2)CC1=O)NCC1CCCO1. The molecule has 8 nitrogen and oxygen atoms in total. The highest BCUT2D eigenvalue weighted by molar-refractivity contribution is 6.30. The Bertz CT molecular complexity index is 691. The van der Waals surface area contributed by atoms with Crippen molar-refractivity contribution in [2.24, 2.45) is 0 Å². The van der Waals surface area contributed by atoms with Crippen molar-refractivity contribution in [2.45, 2.75) is 18.9 Å². The topological polar surface area (TPSA) is 91.0 Å². The normalized spacial score (nSPS) is 19.9. The van der Waals surface area contributed by atoms with E-state index in [0.29, 0.717) is 30.3 Å². The first kappa shape index (κ1) is 19.4. The number of carbonyl (C=O) groups excluding carboxylic acids is 3. The molecule has 9 heteroatoms. The van der Waals surface area contributed by atoms with Crippen molar-refractivity contribution in [1.29, 1.82) is 0 Å². The lowest BCUT2D eigenvalue weighted by Gasteiger charge is -2.34. The van der Waals surface area contributed by atoms with Crippen LogP contribution < -0.4 is 10.6 Å². The van der Waals surface area contributed by atoms with Crippen LogP contribution in [0.1, 0.15) is 12.8 Å². The first-order valence-electron chi connectivity index (χ1n) is 8.99. The van der Waals surface area contributed by atoms with E-state index in [-0.39, 0.29) is 37.0 Å². The number of piperazine rings is 1. The molecule has 2 fully saturated rings. The molecule has 2 aliphatic heterocycles. The molecule has 1 aromatic rings. The number of anilines is 1. The van der Waals surface area contributed by atoms with Crippen molar-refractivity contribution in [2.75, 3.05) is 44.6 Å². The number of hydrogen-bond donors (Lipinski definition) is 2. The monoisotopic (exact) mass is 394 g/mol. The quantitative estimate of drug-likeness (QED) is 0.787. The summed E-state index contributed by atoms with van der Waals surface area (Å²) in [6.45, 7) is 1.83. The molecule has 0 saturated carbocycles. The lowest BCUT2D eigenvalue weighted by atomic mass is 10.2. The molecule has 0 radical (unpaired) electrons. The molecule has 1 aromatic carbocycles. The summed E-state index contributed by atoms with van der Waals surface area (Å²) in [6.07, 6.45) is 2.03. The molecular formula is C18H23ClN4O4. The van der Waals surface area contributed by atoms with Crippen LogP contribution >= 0.6 is 11.6 Å². The molecule has 0 spiro atoms. The number of nitrogens with zero attached hydrogens (tertiary/aromatic N) is 2. The fourth-order valence-corrected chi connectivity index (χ4v) is 3.17. The van der Waals surface area contributed by atoms with Crippen LogP contribution in [0.5, 0.6) is 0 Å². The van der Waals surface area contributed by atoms with Gasteiger partial charge in [0, 0.05) is 37.0 Å². The van der Waals surface area contributed by atoms with Crippen LogP contribution in [-0.2, 0) is 14.3 Å². The molecule has 4 amide bonds. The lowest BCUT2D eigenvalue weighted by molar-refractivity contribution is -0.139. The van der Waals surface area contributed by atoms with E-state index in [1.807, 2.05) is 0 Å². The molecule has 2 aliphatic rings. The minimum absolute atomic E-state index is 0.00179. The second-order valence-electron chi connectivity index (χ2n) is 6.61. The smallest absolute Gasteiger partial charge is 0.322 e. The highest BCUT2D eigenvalue weighted by Crippen LogP contribution is 2.15. The van der Waals surface area contributed by atoms with E-state index in [1.165, 1.54) is 9.80 Å². The maximum Gasteiger partial charge on any atom is 0.322 e. The van der Waals surface area contributed by atoms with Gasteiger partial charge in [-0.05, 0) is 37.1 Å². The van der Waals surface area contributed by atoms with Crippen molar-refractivity contribution < 1.29 is 19.1 Å². The Hall–Kier alpha value is -2.32. The van der Waals surface area contributed by atoms with Crippen LogP contribution in [0.3, 0.4) is 0 Å². The molecule has 0 aliphatic carbocycles. The second kappa shape index (κ2) is 9.05. The van der Waals surface area contributed by atoms with E-state index in [9.17, 15) is 14.4 Å².